The maximum atomic E-state index is 11.9. The van der Waals surface area contributed by atoms with Gasteiger partial charge < -0.3 is 10.8 Å². The fraction of sp³-hybridized carbons (Fsp3) is 0.357. The van der Waals surface area contributed by atoms with Crippen LogP contribution >= 0.6 is 0 Å². The van der Waals surface area contributed by atoms with Crippen LogP contribution in [0.4, 0.5) is 0 Å². The summed E-state index contributed by atoms with van der Waals surface area (Å²) in [6.45, 7) is 2.57. The van der Waals surface area contributed by atoms with Crippen molar-refractivity contribution in [2.24, 2.45) is 5.73 Å². The molecule has 1 aromatic rings. The summed E-state index contributed by atoms with van der Waals surface area (Å²) in [6, 6.07) is 6.62. The Morgan fingerprint density at radius 3 is 2.20 bits per heavy atom. The lowest BCUT2D eigenvalue weighted by atomic mass is 10.0. The summed E-state index contributed by atoms with van der Waals surface area (Å²) in [5.74, 6) is -2.56. The lowest BCUT2D eigenvalue weighted by Crippen LogP contribution is -2.53. The molecule has 0 fully saturated rings. The molecule has 2 amide bonds. The minimum atomic E-state index is -1.26. The normalized spacial score (nSPS) is 13.3. The number of hydrogen-bond acceptors (Lipinski definition) is 4. The molecule has 6 nitrogen and oxygen atoms in total. The van der Waals surface area contributed by atoms with Gasteiger partial charge in [0.05, 0.1) is 6.04 Å². The van der Waals surface area contributed by atoms with E-state index in [-0.39, 0.29) is 6.42 Å². The number of carbonyl (C=O) groups excluding carboxylic acids is 2. The number of carboxylic acids is 1. The van der Waals surface area contributed by atoms with Crippen LogP contribution in [0, 0.1) is 0 Å². The summed E-state index contributed by atoms with van der Waals surface area (Å²) < 4.78 is 0. The van der Waals surface area contributed by atoms with E-state index in [2.05, 4.69) is 0 Å². The van der Waals surface area contributed by atoms with Gasteiger partial charge in [-0.05, 0) is 12.5 Å². The maximum Gasteiger partial charge on any atom is 0.327 e. The first-order valence-electron chi connectivity index (χ1n) is 6.20. The number of nitrogens with two attached hydrogens (primary N) is 1. The first kappa shape index (κ1) is 15.8. The number of carboxylic acid groups (broad SMARTS) is 1. The van der Waals surface area contributed by atoms with Crippen molar-refractivity contribution in [2.75, 3.05) is 0 Å². The molecule has 0 radical (unpaired) electrons. The monoisotopic (exact) mass is 278 g/mol. The number of amides is 2. The van der Waals surface area contributed by atoms with E-state index in [1.807, 2.05) is 0 Å². The first-order valence-corrected chi connectivity index (χ1v) is 6.20. The molecule has 0 saturated carbocycles. The van der Waals surface area contributed by atoms with Crippen molar-refractivity contribution in [1.82, 2.24) is 4.90 Å². The zero-order chi connectivity index (χ0) is 15.3. The highest BCUT2D eigenvalue weighted by molar-refractivity contribution is 6.00. The third-order valence-electron chi connectivity index (χ3n) is 2.83. The van der Waals surface area contributed by atoms with E-state index >= 15 is 0 Å². The van der Waals surface area contributed by atoms with Gasteiger partial charge in [-0.2, -0.15) is 0 Å². The second-order valence-electron chi connectivity index (χ2n) is 4.56. The fourth-order valence-electron chi connectivity index (χ4n) is 1.87. The quantitative estimate of drug-likeness (QED) is 0.812. The van der Waals surface area contributed by atoms with Gasteiger partial charge in [0.15, 0.2) is 0 Å². The lowest BCUT2D eigenvalue weighted by Gasteiger charge is -2.27. The van der Waals surface area contributed by atoms with Crippen LogP contribution in [0.1, 0.15) is 19.4 Å². The second kappa shape index (κ2) is 6.81. The first-order chi connectivity index (χ1) is 9.34. The molecule has 1 rings (SSSR count). The zero-order valence-corrected chi connectivity index (χ0v) is 11.4. The molecule has 0 aliphatic carbocycles. The van der Waals surface area contributed by atoms with Gasteiger partial charge in [0.2, 0.25) is 11.8 Å². The molecule has 0 aliphatic heterocycles. The smallest absolute Gasteiger partial charge is 0.327 e. The van der Waals surface area contributed by atoms with E-state index < -0.39 is 29.9 Å². The highest BCUT2D eigenvalue weighted by atomic mass is 16.4. The van der Waals surface area contributed by atoms with E-state index in [0.717, 1.165) is 17.4 Å². The fourth-order valence-corrected chi connectivity index (χ4v) is 1.87. The Labute approximate surface area is 117 Å². The second-order valence-corrected chi connectivity index (χ2v) is 4.56. The molecular formula is C14H18N2O4. The number of nitrogens with zero attached hydrogens (tertiary/aromatic N) is 1. The number of hydrogen-bond donors (Lipinski definition) is 2. The minimum Gasteiger partial charge on any atom is -0.480 e. The topological polar surface area (TPSA) is 101 Å². The number of rotatable bonds is 5. The zero-order valence-electron chi connectivity index (χ0n) is 11.4. The largest absolute Gasteiger partial charge is 0.480 e. The van der Waals surface area contributed by atoms with Crippen molar-refractivity contribution in [3.05, 3.63) is 35.9 Å². The highest BCUT2D eigenvalue weighted by Crippen LogP contribution is 2.11. The Bertz CT molecular complexity index is 499. The van der Waals surface area contributed by atoms with Crippen molar-refractivity contribution in [1.29, 1.82) is 0 Å². The van der Waals surface area contributed by atoms with E-state index in [0.29, 0.717) is 0 Å². The van der Waals surface area contributed by atoms with Crippen LogP contribution in [-0.4, -0.2) is 39.9 Å². The number of imide groups is 1. The lowest BCUT2D eigenvalue weighted by molar-refractivity contribution is -0.157. The summed E-state index contributed by atoms with van der Waals surface area (Å²) in [7, 11) is 0. The van der Waals surface area contributed by atoms with Crippen LogP contribution in [0.25, 0.3) is 0 Å². The average molecular weight is 278 g/mol. The summed E-state index contributed by atoms with van der Waals surface area (Å²) in [5.41, 5.74) is 6.20. The van der Waals surface area contributed by atoms with Gasteiger partial charge in [-0.1, -0.05) is 30.3 Å². The Morgan fingerprint density at radius 2 is 1.80 bits per heavy atom. The van der Waals surface area contributed by atoms with Gasteiger partial charge in [0.25, 0.3) is 0 Å². The average Bonchev–Trinajstić information content (AvgIpc) is 2.38. The Balaban J connectivity index is 3.06. The SMILES string of the molecule is CC(=O)N(C(=O)[C@H](C)N)[C@@H](Cc1ccccc1)C(=O)O. The molecular weight excluding hydrogens is 260 g/mol. The molecule has 0 unspecified atom stereocenters. The van der Waals surface area contributed by atoms with Crippen LogP contribution in [0.3, 0.4) is 0 Å². The van der Waals surface area contributed by atoms with E-state index in [1.165, 1.54) is 6.92 Å². The molecule has 2 atom stereocenters. The Kier molecular flexibility index (Phi) is 5.40. The molecule has 1 aromatic carbocycles. The molecule has 3 N–H and O–H groups in total. The van der Waals surface area contributed by atoms with Gasteiger partial charge in [0.1, 0.15) is 6.04 Å². The van der Waals surface area contributed by atoms with Gasteiger partial charge in [-0.15, -0.1) is 0 Å². The van der Waals surface area contributed by atoms with Crippen LogP contribution in [-0.2, 0) is 20.8 Å². The predicted octanol–water partition coefficient (Wildman–Crippen LogP) is 0.405. The van der Waals surface area contributed by atoms with Crippen molar-refractivity contribution in [2.45, 2.75) is 32.4 Å². The summed E-state index contributed by atoms with van der Waals surface area (Å²) in [5, 5.41) is 9.30. The van der Waals surface area contributed by atoms with Crippen LogP contribution in [0.5, 0.6) is 0 Å². The van der Waals surface area contributed by atoms with Crippen molar-refractivity contribution in [3.63, 3.8) is 0 Å². The van der Waals surface area contributed by atoms with E-state index in [9.17, 15) is 19.5 Å². The molecule has 20 heavy (non-hydrogen) atoms. The minimum absolute atomic E-state index is 0.0498. The van der Waals surface area contributed by atoms with Gasteiger partial charge >= 0.3 is 5.97 Å². The summed E-state index contributed by atoms with van der Waals surface area (Å²) in [6.07, 6.45) is 0.0498. The molecule has 6 heteroatoms. The number of benzene rings is 1. The highest BCUT2D eigenvalue weighted by Gasteiger charge is 2.34. The van der Waals surface area contributed by atoms with Crippen LogP contribution in [0.15, 0.2) is 30.3 Å². The summed E-state index contributed by atoms with van der Waals surface area (Å²) >= 11 is 0. The number of carbonyl (C=O) groups is 3. The molecule has 0 bridgehead atoms. The Hall–Kier alpha value is -2.21. The standard InChI is InChI=1S/C14H18N2O4/c1-9(15)13(18)16(10(2)17)12(14(19)20)8-11-6-4-3-5-7-11/h3-7,9,12H,8,15H2,1-2H3,(H,19,20)/t9-,12-/m0/s1. The molecule has 0 spiro atoms. The third kappa shape index (κ3) is 3.89. The van der Waals surface area contributed by atoms with Crippen LogP contribution < -0.4 is 5.73 Å². The molecule has 0 heterocycles. The van der Waals surface area contributed by atoms with Crippen molar-refractivity contribution < 1.29 is 19.5 Å². The molecule has 0 aromatic heterocycles. The van der Waals surface area contributed by atoms with Crippen molar-refractivity contribution >= 4 is 17.8 Å². The number of aliphatic carboxylic acids is 1. The predicted molar refractivity (Wildman–Crippen MR) is 72.7 cm³/mol. The molecule has 0 saturated heterocycles. The van der Waals surface area contributed by atoms with Gasteiger partial charge in [-0.25, -0.2) is 4.79 Å². The van der Waals surface area contributed by atoms with Crippen LogP contribution in [0.2, 0.25) is 0 Å². The van der Waals surface area contributed by atoms with E-state index in [1.54, 1.807) is 30.3 Å². The summed E-state index contributed by atoms with van der Waals surface area (Å²) in [4.78, 5) is 35.7. The Morgan fingerprint density at radius 1 is 1.25 bits per heavy atom. The van der Waals surface area contributed by atoms with Gasteiger partial charge in [0, 0.05) is 13.3 Å². The molecule has 0 aliphatic rings. The molecule has 108 valence electrons. The maximum absolute atomic E-state index is 11.9. The van der Waals surface area contributed by atoms with Crippen molar-refractivity contribution in [3.8, 4) is 0 Å². The third-order valence-corrected chi connectivity index (χ3v) is 2.83. The van der Waals surface area contributed by atoms with Gasteiger partial charge in [-0.3, -0.25) is 14.5 Å². The van der Waals surface area contributed by atoms with E-state index in [4.69, 9.17) is 5.73 Å².